The van der Waals surface area contributed by atoms with Crippen molar-refractivity contribution in [3.05, 3.63) is 27.7 Å². The summed E-state index contributed by atoms with van der Waals surface area (Å²) in [5.74, 6) is 0. The lowest BCUT2D eigenvalue weighted by Crippen LogP contribution is -2.02. The molecular formula is C11H15BrClNO. The predicted molar refractivity (Wildman–Crippen MR) is 68.8 cm³/mol. The number of ether oxygens (including phenoxy) is 1. The molecular weight excluding hydrogens is 277 g/mol. The smallest absolute Gasteiger partial charge is 0.0568 e. The molecule has 1 rings (SSSR count). The minimum atomic E-state index is 0.733. The van der Waals surface area contributed by atoms with Gasteiger partial charge in [-0.05, 0) is 47.0 Å². The molecule has 0 unspecified atom stereocenters. The van der Waals surface area contributed by atoms with Crippen LogP contribution >= 0.6 is 27.5 Å². The van der Waals surface area contributed by atoms with Crippen molar-refractivity contribution in [3.63, 3.8) is 0 Å². The first-order chi connectivity index (χ1) is 7.24. The quantitative estimate of drug-likeness (QED) is 0.802. The summed E-state index contributed by atoms with van der Waals surface area (Å²) in [5, 5.41) is 4.04. The van der Waals surface area contributed by atoms with Crippen LogP contribution in [-0.4, -0.2) is 20.3 Å². The highest BCUT2D eigenvalue weighted by molar-refractivity contribution is 9.10. The molecule has 0 bridgehead atoms. The van der Waals surface area contributed by atoms with Gasteiger partial charge in [0.25, 0.3) is 0 Å². The minimum absolute atomic E-state index is 0.733. The summed E-state index contributed by atoms with van der Waals surface area (Å²) in [6.45, 7) is 1.77. The summed E-state index contributed by atoms with van der Waals surface area (Å²) in [6.07, 6.45) is 2.18. The Morgan fingerprint density at radius 1 is 1.40 bits per heavy atom. The van der Waals surface area contributed by atoms with E-state index in [4.69, 9.17) is 16.3 Å². The molecule has 0 aliphatic rings. The first kappa shape index (κ1) is 12.8. The number of hydrogen-bond acceptors (Lipinski definition) is 2. The highest BCUT2D eigenvalue weighted by atomic mass is 79.9. The maximum atomic E-state index is 5.97. The highest BCUT2D eigenvalue weighted by Crippen LogP contribution is 2.25. The van der Waals surface area contributed by atoms with Crippen LogP contribution in [0.3, 0.4) is 0 Å². The maximum Gasteiger partial charge on any atom is 0.0568 e. The van der Waals surface area contributed by atoms with Crippen LogP contribution in [0.2, 0.25) is 5.02 Å². The Hall–Kier alpha value is -0.250. The van der Waals surface area contributed by atoms with E-state index in [9.17, 15) is 0 Å². The number of halogens is 2. The third-order valence-corrected chi connectivity index (χ3v) is 3.26. The van der Waals surface area contributed by atoms with Gasteiger partial charge in [0.15, 0.2) is 0 Å². The van der Waals surface area contributed by atoms with Gasteiger partial charge in [-0.1, -0.05) is 11.6 Å². The van der Waals surface area contributed by atoms with E-state index in [0.29, 0.717) is 0 Å². The summed E-state index contributed by atoms with van der Waals surface area (Å²) < 4.78 is 5.90. The van der Waals surface area contributed by atoms with E-state index in [2.05, 4.69) is 21.2 Å². The second-order valence-corrected chi connectivity index (χ2v) is 4.52. The molecule has 15 heavy (non-hydrogen) atoms. The van der Waals surface area contributed by atoms with Gasteiger partial charge in [0, 0.05) is 30.4 Å². The Morgan fingerprint density at radius 2 is 2.20 bits per heavy atom. The summed E-state index contributed by atoms with van der Waals surface area (Å²) in [6, 6.07) is 5.87. The predicted octanol–water partition coefficient (Wildman–Crippen LogP) is 3.94. The molecule has 0 aromatic heterocycles. The van der Waals surface area contributed by atoms with Gasteiger partial charge in [0.05, 0.1) is 5.02 Å². The second-order valence-electron chi connectivity index (χ2n) is 3.26. The third-order valence-electron chi connectivity index (χ3n) is 2.02. The van der Waals surface area contributed by atoms with Crippen LogP contribution in [0.15, 0.2) is 22.7 Å². The van der Waals surface area contributed by atoms with Crippen molar-refractivity contribution in [1.29, 1.82) is 0 Å². The van der Waals surface area contributed by atoms with Crippen LogP contribution in [-0.2, 0) is 4.74 Å². The maximum absolute atomic E-state index is 5.97. The molecule has 84 valence electrons. The fourth-order valence-electron chi connectivity index (χ4n) is 1.21. The second kappa shape index (κ2) is 7.09. The molecule has 0 saturated heterocycles. The molecule has 4 heteroatoms. The van der Waals surface area contributed by atoms with Gasteiger partial charge in [0.2, 0.25) is 0 Å². The highest BCUT2D eigenvalue weighted by Gasteiger charge is 1.97. The average molecular weight is 293 g/mol. The van der Waals surface area contributed by atoms with Crippen LogP contribution in [0.25, 0.3) is 0 Å². The van der Waals surface area contributed by atoms with E-state index >= 15 is 0 Å². The van der Waals surface area contributed by atoms with Gasteiger partial charge in [-0.3, -0.25) is 0 Å². The summed E-state index contributed by atoms with van der Waals surface area (Å²) in [7, 11) is 1.72. The number of methoxy groups -OCH3 is 1. The van der Waals surface area contributed by atoms with Crippen LogP contribution in [0, 0.1) is 0 Å². The topological polar surface area (TPSA) is 21.3 Å². The molecule has 1 N–H and O–H groups in total. The molecule has 0 aliphatic carbocycles. The van der Waals surface area contributed by atoms with Crippen LogP contribution < -0.4 is 5.32 Å². The first-order valence-electron chi connectivity index (χ1n) is 4.92. The van der Waals surface area contributed by atoms with Gasteiger partial charge in [0.1, 0.15) is 0 Å². The number of rotatable bonds is 6. The molecule has 0 amide bonds. The molecule has 0 fully saturated rings. The van der Waals surface area contributed by atoms with Crippen LogP contribution in [0.5, 0.6) is 0 Å². The van der Waals surface area contributed by atoms with Crippen LogP contribution in [0.1, 0.15) is 12.8 Å². The zero-order valence-corrected chi connectivity index (χ0v) is 11.1. The zero-order valence-electron chi connectivity index (χ0n) is 8.72. The molecule has 2 nitrogen and oxygen atoms in total. The summed E-state index contributed by atoms with van der Waals surface area (Å²) in [4.78, 5) is 0. The van der Waals surface area contributed by atoms with Gasteiger partial charge < -0.3 is 10.1 Å². The molecule has 0 spiro atoms. The normalized spacial score (nSPS) is 10.3. The van der Waals surface area contributed by atoms with E-state index in [0.717, 1.165) is 41.2 Å². The molecule has 0 atom stereocenters. The van der Waals surface area contributed by atoms with Crippen molar-refractivity contribution < 1.29 is 4.74 Å². The van der Waals surface area contributed by atoms with Crippen molar-refractivity contribution in [2.75, 3.05) is 25.6 Å². The first-order valence-corrected chi connectivity index (χ1v) is 6.09. The Kier molecular flexibility index (Phi) is 6.06. The van der Waals surface area contributed by atoms with Crippen molar-refractivity contribution in [1.82, 2.24) is 0 Å². The van der Waals surface area contributed by atoms with Crippen molar-refractivity contribution in [2.45, 2.75) is 12.8 Å². The minimum Gasteiger partial charge on any atom is -0.385 e. The molecule has 1 aromatic rings. The zero-order chi connectivity index (χ0) is 11.1. The average Bonchev–Trinajstić information content (AvgIpc) is 2.23. The lowest BCUT2D eigenvalue weighted by atomic mass is 10.3. The lowest BCUT2D eigenvalue weighted by molar-refractivity contribution is 0.194. The largest absolute Gasteiger partial charge is 0.385 e. The lowest BCUT2D eigenvalue weighted by Gasteiger charge is -2.07. The number of anilines is 1. The van der Waals surface area contributed by atoms with E-state index < -0.39 is 0 Å². The fourth-order valence-corrected chi connectivity index (χ4v) is 1.64. The standard InChI is InChI=1S/C11H15BrClNO/c1-15-7-3-2-6-14-9-4-5-10(12)11(13)8-9/h4-5,8,14H,2-3,6-7H2,1H3. The van der Waals surface area contributed by atoms with Crippen LogP contribution in [0.4, 0.5) is 5.69 Å². The Bertz CT molecular complexity index is 307. The number of benzene rings is 1. The van der Waals surface area contributed by atoms with Crippen molar-refractivity contribution in [3.8, 4) is 0 Å². The monoisotopic (exact) mass is 291 g/mol. The fraction of sp³-hybridized carbons (Fsp3) is 0.455. The van der Waals surface area contributed by atoms with Crippen molar-refractivity contribution >= 4 is 33.2 Å². The van der Waals surface area contributed by atoms with Gasteiger partial charge in [-0.25, -0.2) is 0 Å². The van der Waals surface area contributed by atoms with Crippen molar-refractivity contribution in [2.24, 2.45) is 0 Å². The molecule has 0 saturated carbocycles. The Morgan fingerprint density at radius 3 is 2.87 bits per heavy atom. The summed E-state index contributed by atoms with van der Waals surface area (Å²) >= 11 is 9.32. The van der Waals surface area contributed by atoms with E-state index in [1.807, 2.05) is 18.2 Å². The van der Waals surface area contributed by atoms with Gasteiger partial charge in [-0.15, -0.1) is 0 Å². The Balaban J connectivity index is 2.28. The van der Waals surface area contributed by atoms with Gasteiger partial charge in [-0.2, -0.15) is 0 Å². The van der Waals surface area contributed by atoms with E-state index in [1.54, 1.807) is 7.11 Å². The molecule has 0 radical (unpaired) electrons. The SMILES string of the molecule is COCCCCNc1ccc(Br)c(Cl)c1. The molecule has 0 aliphatic heterocycles. The number of unbranched alkanes of at least 4 members (excludes halogenated alkanes) is 1. The number of nitrogens with one attached hydrogen (secondary N) is 1. The van der Waals surface area contributed by atoms with E-state index in [-0.39, 0.29) is 0 Å². The Labute approximate surface area is 104 Å². The summed E-state index contributed by atoms with van der Waals surface area (Å²) in [5.41, 5.74) is 1.06. The third kappa shape index (κ3) is 4.87. The number of hydrogen-bond donors (Lipinski definition) is 1. The molecule has 1 aromatic carbocycles. The van der Waals surface area contributed by atoms with Gasteiger partial charge >= 0.3 is 0 Å². The molecule has 0 heterocycles. The van der Waals surface area contributed by atoms with E-state index in [1.165, 1.54) is 0 Å².